The molecule has 1 fully saturated rings. The van der Waals surface area contributed by atoms with Crippen LogP contribution in [0, 0.1) is 13.8 Å². The Kier molecular flexibility index (Phi) is 6.91. The van der Waals surface area contributed by atoms with E-state index in [4.69, 9.17) is 4.74 Å². The molecule has 1 aliphatic heterocycles. The normalized spacial score (nSPS) is 15.6. The number of methoxy groups -OCH3 is 1. The number of ether oxygens (including phenoxy) is 1. The molecule has 1 aliphatic rings. The highest BCUT2D eigenvalue weighted by Crippen LogP contribution is 2.31. The summed E-state index contributed by atoms with van der Waals surface area (Å²) in [6.45, 7) is 11.7. The zero-order chi connectivity index (χ0) is 19.2. The van der Waals surface area contributed by atoms with Crippen LogP contribution in [0.15, 0.2) is 23.7 Å². The van der Waals surface area contributed by atoms with E-state index >= 15 is 0 Å². The lowest BCUT2D eigenvalue weighted by Gasteiger charge is -2.35. The third-order valence-electron chi connectivity index (χ3n) is 5.37. The van der Waals surface area contributed by atoms with Crippen LogP contribution in [-0.4, -0.2) is 43.2 Å². The Morgan fingerprint density at radius 3 is 2.63 bits per heavy atom. The van der Waals surface area contributed by atoms with Crippen molar-refractivity contribution in [1.29, 1.82) is 0 Å². The summed E-state index contributed by atoms with van der Waals surface area (Å²) in [4.78, 5) is 9.38. The van der Waals surface area contributed by atoms with E-state index in [1.165, 1.54) is 28.7 Å². The average Bonchev–Trinajstić information content (AvgIpc) is 3.22. The van der Waals surface area contributed by atoms with Gasteiger partial charge in [-0.3, -0.25) is 4.90 Å². The summed E-state index contributed by atoms with van der Waals surface area (Å²) in [7, 11) is 1.79. The van der Waals surface area contributed by atoms with Crippen LogP contribution < -0.4 is 9.64 Å². The van der Waals surface area contributed by atoms with E-state index in [-0.39, 0.29) is 0 Å². The first kappa shape index (κ1) is 19.9. The Labute approximate surface area is 167 Å². The first-order chi connectivity index (χ1) is 13.1. The summed E-state index contributed by atoms with van der Waals surface area (Å²) in [5, 5.41) is 3.19. The molecule has 1 saturated heterocycles. The summed E-state index contributed by atoms with van der Waals surface area (Å²) >= 11 is 1.73. The van der Waals surface area contributed by atoms with Crippen molar-refractivity contribution in [3.05, 3.63) is 46.0 Å². The van der Waals surface area contributed by atoms with Crippen molar-refractivity contribution < 1.29 is 4.74 Å². The van der Waals surface area contributed by atoms with Gasteiger partial charge < -0.3 is 9.64 Å². The van der Waals surface area contributed by atoms with Crippen LogP contribution in [0.2, 0.25) is 0 Å². The summed E-state index contributed by atoms with van der Waals surface area (Å²) in [6, 6.07) is 2.19. The number of piperazine rings is 1. The van der Waals surface area contributed by atoms with Gasteiger partial charge in [-0.2, -0.15) is 0 Å². The minimum atomic E-state index is 0.932. The van der Waals surface area contributed by atoms with Gasteiger partial charge in [0.1, 0.15) is 5.75 Å². The number of benzene rings is 1. The summed E-state index contributed by atoms with van der Waals surface area (Å²) in [6.07, 6.45) is 8.77. The molecule has 5 heteroatoms. The number of hydrogen-bond donors (Lipinski definition) is 0. The molecule has 0 saturated carbocycles. The van der Waals surface area contributed by atoms with E-state index in [1.54, 1.807) is 18.4 Å². The van der Waals surface area contributed by atoms with Crippen molar-refractivity contribution in [3.63, 3.8) is 0 Å². The fraction of sp³-hybridized carbons (Fsp3) is 0.500. The highest BCUT2D eigenvalue weighted by atomic mass is 32.1. The quantitative estimate of drug-likeness (QED) is 0.677. The molecule has 0 bridgehead atoms. The standard InChI is InChI=1S/C22H31N3OS/c1-5-6-7-8-19-18(3)17(2)15-21(26-4)20(19)16-24-10-12-25(13-11-24)22-23-9-14-27-22/h7-9,14-15H,5-6,10-13,16H2,1-4H3/b8-7-. The van der Waals surface area contributed by atoms with Gasteiger partial charge >= 0.3 is 0 Å². The molecule has 0 amide bonds. The first-order valence-electron chi connectivity index (χ1n) is 9.84. The summed E-state index contributed by atoms with van der Waals surface area (Å²) in [5.41, 5.74) is 5.30. The second-order valence-corrected chi connectivity index (χ2v) is 8.05. The monoisotopic (exact) mass is 385 g/mol. The Hall–Kier alpha value is -1.85. The Morgan fingerprint density at radius 2 is 2.00 bits per heavy atom. The fourth-order valence-electron chi connectivity index (χ4n) is 3.60. The van der Waals surface area contributed by atoms with Crippen LogP contribution in [-0.2, 0) is 6.54 Å². The van der Waals surface area contributed by atoms with E-state index < -0.39 is 0 Å². The molecule has 0 unspecified atom stereocenters. The summed E-state index contributed by atoms with van der Waals surface area (Å²) < 4.78 is 5.77. The number of unbranched alkanes of at least 4 members (excludes halogenated alkanes) is 1. The van der Waals surface area contributed by atoms with E-state index in [2.05, 4.69) is 59.2 Å². The number of allylic oxidation sites excluding steroid dienone is 1. The van der Waals surface area contributed by atoms with Gasteiger partial charge in [0.05, 0.1) is 7.11 Å². The van der Waals surface area contributed by atoms with Gasteiger partial charge in [-0.25, -0.2) is 4.98 Å². The van der Waals surface area contributed by atoms with Gasteiger partial charge in [0.25, 0.3) is 0 Å². The second kappa shape index (κ2) is 9.38. The maximum absolute atomic E-state index is 5.77. The number of thiazole rings is 1. The van der Waals surface area contributed by atoms with Crippen LogP contribution in [0.25, 0.3) is 6.08 Å². The van der Waals surface area contributed by atoms with Crippen LogP contribution >= 0.6 is 11.3 Å². The molecule has 2 aromatic rings. The smallest absolute Gasteiger partial charge is 0.185 e. The number of nitrogens with zero attached hydrogens (tertiary/aromatic N) is 3. The van der Waals surface area contributed by atoms with Gasteiger partial charge in [0, 0.05) is 49.9 Å². The molecule has 27 heavy (non-hydrogen) atoms. The van der Waals surface area contributed by atoms with Gasteiger partial charge in [-0.1, -0.05) is 25.5 Å². The molecule has 1 aromatic heterocycles. The SMILES string of the molecule is CCC/C=C\c1c(C)c(C)cc(OC)c1CN1CCN(c2nccs2)CC1. The topological polar surface area (TPSA) is 28.6 Å². The number of rotatable bonds is 7. The Bertz CT molecular complexity index is 762. The Morgan fingerprint density at radius 1 is 1.22 bits per heavy atom. The molecule has 2 heterocycles. The van der Waals surface area contributed by atoms with Crippen LogP contribution in [0.3, 0.4) is 0 Å². The predicted molar refractivity (Wildman–Crippen MR) is 116 cm³/mol. The highest BCUT2D eigenvalue weighted by molar-refractivity contribution is 7.13. The fourth-order valence-corrected chi connectivity index (χ4v) is 4.29. The molecule has 0 aliphatic carbocycles. The molecule has 146 valence electrons. The van der Waals surface area contributed by atoms with Crippen LogP contribution in [0.5, 0.6) is 5.75 Å². The van der Waals surface area contributed by atoms with Crippen molar-refractivity contribution in [1.82, 2.24) is 9.88 Å². The molecule has 0 spiro atoms. The Balaban J connectivity index is 1.78. The molecule has 0 atom stereocenters. The van der Waals surface area contributed by atoms with Crippen molar-refractivity contribution in [2.45, 2.75) is 40.2 Å². The maximum atomic E-state index is 5.77. The zero-order valence-corrected chi connectivity index (χ0v) is 17.8. The number of aromatic nitrogens is 1. The average molecular weight is 386 g/mol. The van der Waals surface area contributed by atoms with Gasteiger partial charge in [-0.05, 0) is 43.0 Å². The van der Waals surface area contributed by atoms with E-state index in [0.717, 1.165) is 50.0 Å². The van der Waals surface area contributed by atoms with E-state index in [1.807, 2.05) is 6.20 Å². The van der Waals surface area contributed by atoms with Gasteiger partial charge in [0.2, 0.25) is 0 Å². The number of aryl methyl sites for hydroxylation is 1. The lowest BCUT2D eigenvalue weighted by molar-refractivity contribution is 0.246. The van der Waals surface area contributed by atoms with Gasteiger partial charge in [0.15, 0.2) is 5.13 Å². The van der Waals surface area contributed by atoms with Crippen LogP contribution in [0.4, 0.5) is 5.13 Å². The van der Waals surface area contributed by atoms with Crippen molar-refractivity contribution in [3.8, 4) is 5.75 Å². The van der Waals surface area contributed by atoms with E-state index in [9.17, 15) is 0 Å². The lowest BCUT2D eigenvalue weighted by Crippen LogP contribution is -2.46. The lowest BCUT2D eigenvalue weighted by atomic mass is 9.95. The molecule has 0 radical (unpaired) electrons. The molecule has 0 N–H and O–H groups in total. The largest absolute Gasteiger partial charge is 0.496 e. The summed E-state index contributed by atoms with van der Waals surface area (Å²) in [5.74, 6) is 1.01. The van der Waals surface area contributed by atoms with Crippen LogP contribution in [0.1, 0.15) is 42.0 Å². The number of anilines is 1. The third-order valence-corrected chi connectivity index (χ3v) is 6.20. The molecular formula is C22H31N3OS. The first-order valence-corrected chi connectivity index (χ1v) is 10.7. The molecular weight excluding hydrogens is 354 g/mol. The highest BCUT2D eigenvalue weighted by Gasteiger charge is 2.21. The van der Waals surface area contributed by atoms with Crippen molar-refractivity contribution in [2.75, 3.05) is 38.2 Å². The predicted octanol–water partition coefficient (Wildman–Crippen LogP) is 4.90. The second-order valence-electron chi connectivity index (χ2n) is 7.18. The minimum absolute atomic E-state index is 0.932. The van der Waals surface area contributed by atoms with Crippen molar-refractivity contribution >= 4 is 22.5 Å². The molecule has 1 aromatic carbocycles. The maximum Gasteiger partial charge on any atom is 0.185 e. The third kappa shape index (κ3) is 4.71. The minimum Gasteiger partial charge on any atom is -0.496 e. The van der Waals surface area contributed by atoms with E-state index in [0.29, 0.717) is 0 Å². The van der Waals surface area contributed by atoms with Crippen molar-refractivity contribution in [2.24, 2.45) is 0 Å². The zero-order valence-electron chi connectivity index (χ0n) is 17.0. The molecule has 4 nitrogen and oxygen atoms in total. The molecule has 3 rings (SSSR count). The van der Waals surface area contributed by atoms with Gasteiger partial charge in [-0.15, -0.1) is 11.3 Å². The number of hydrogen-bond acceptors (Lipinski definition) is 5.